The molecule has 8 nitrogen and oxygen atoms in total. The summed E-state index contributed by atoms with van der Waals surface area (Å²) in [5.74, 6) is -0.167. The van der Waals surface area contributed by atoms with Gasteiger partial charge in [0, 0.05) is 19.5 Å². The first kappa shape index (κ1) is 17.8. The van der Waals surface area contributed by atoms with Crippen molar-refractivity contribution in [1.29, 1.82) is 0 Å². The van der Waals surface area contributed by atoms with Crippen molar-refractivity contribution in [1.82, 2.24) is 18.7 Å². The van der Waals surface area contributed by atoms with Crippen LogP contribution >= 0.6 is 0 Å². The first-order valence-electron chi connectivity index (χ1n) is 8.04. The number of imidazole rings is 1. The first-order valence-corrected chi connectivity index (χ1v) is 8.04. The minimum absolute atomic E-state index is 0.0183. The molecule has 2 heterocycles. The number of rotatable bonds is 8. The van der Waals surface area contributed by atoms with E-state index < -0.39 is 11.2 Å². The number of carbonyl (C=O) groups excluding carboxylic acids is 2. The third-order valence-electron chi connectivity index (χ3n) is 3.80. The second-order valence-electron chi connectivity index (χ2n) is 5.94. The lowest BCUT2D eigenvalue weighted by atomic mass is 10.3. The van der Waals surface area contributed by atoms with Gasteiger partial charge in [0.2, 0.25) is 0 Å². The Bertz CT molecular complexity index is 888. The smallest absolute Gasteiger partial charge is 0.317 e. The van der Waals surface area contributed by atoms with Gasteiger partial charge in [-0.15, -0.1) is 0 Å². The van der Waals surface area contributed by atoms with Gasteiger partial charge in [-0.1, -0.05) is 13.3 Å². The van der Waals surface area contributed by atoms with E-state index in [0.29, 0.717) is 13.0 Å². The summed E-state index contributed by atoms with van der Waals surface area (Å²) in [6.45, 7) is 5.32. The normalized spacial score (nSPS) is 11.1. The zero-order valence-corrected chi connectivity index (χ0v) is 14.2. The van der Waals surface area contributed by atoms with Crippen LogP contribution in [0, 0.1) is 0 Å². The lowest BCUT2D eigenvalue weighted by molar-refractivity contribution is -0.118. The Hall–Kier alpha value is -2.51. The van der Waals surface area contributed by atoms with E-state index in [1.54, 1.807) is 0 Å². The third-order valence-corrected chi connectivity index (χ3v) is 3.80. The van der Waals surface area contributed by atoms with Crippen LogP contribution in [-0.4, -0.2) is 30.3 Å². The molecule has 0 fully saturated rings. The zero-order valence-electron chi connectivity index (χ0n) is 14.2. The van der Waals surface area contributed by atoms with Gasteiger partial charge in [-0.3, -0.25) is 23.5 Å². The molecule has 0 saturated heterocycles. The minimum Gasteiger partial charge on any atom is -0.317 e. The molecule has 0 N–H and O–H groups in total. The van der Waals surface area contributed by atoms with Crippen LogP contribution in [0.25, 0.3) is 11.2 Å². The van der Waals surface area contributed by atoms with Crippen molar-refractivity contribution >= 4 is 22.7 Å². The van der Waals surface area contributed by atoms with Gasteiger partial charge in [-0.25, -0.2) is 9.78 Å². The lowest BCUT2D eigenvalue weighted by Gasteiger charge is -2.11. The molecule has 0 aliphatic carbocycles. The van der Waals surface area contributed by atoms with Gasteiger partial charge in [-0.2, -0.15) is 0 Å². The molecule has 0 unspecified atom stereocenters. The van der Waals surface area contributed by atoms with Crippen molar-refractivity contribution in [3.63, 3.8) is 0 Å². The van der Waals surface area contributed by atoms with Gasteiger partial charge in [0.05, 0.1) is 12.9 Å². The number of ketones is 2. The van der Waals surface area contributed by atoms with Crippen LogP contribution in [0.15, 0.2) is 15.9 Å². The van der Waals surface area contributed by atoms with E-state index in [0.717, 1.165) is 6.42 Å². The predicted octanol–water partition coefficient (Wildman–Crippen LogP) is 0.728. The molecule has 2 aromatic rings. The van der Waals surface area contributed by atoms with Crippen molar-refractivity contribution in [3.05, 3.63) is 27.2 Å². The summed E-state index contributed by atoms with van der Waals surface area (Å²) in [5, 5.41) is 0. The second kappa shape index (κ2) is 7.37. The lowest BCUT2D eigenvalue weighted by Crippen LogP contribution is -2.41. The molecular formula is C16H22N4O4. The van der Waals surface area contributed by atoms with Gasteiger partial charge in [0.25, 0.3) is 5.56 Å². The predicted molar refractivity (Wildman–Crippen MR) is 89.1 cm³/mol. The molecule has 2 rings (SSSR count). The monoisotopic (exact) mass is 334 g/mol. The fourth-order valence-corrected chi connectivity index (χ4v) is 2.58. The van der Waals surface area contributed by atoms with E-state index in [1.165, 1.54) is 33.9 Å². The number of hydrogen-bond acceptors (Lipinski definition) is 5. The maximum atomic E-state index is 12.7. The van der Waals surface area contributed by atoms with Crippen LogP contribution in [-0.2, 0) is 29.2 Å². The van der Waals surface area contributed by atoms with Gasteiger partial charge in [0.1, 0.15) is 11.6 Å². The Labute approximate surface area is 138 Å². The van der Waals surface area contributed by atoms with Crippen LogP contribution in [0.5, 0.6) is 0 Å². The number of hydrogen-bond donors (Lipinski definition) is 0. The molecule has 0 atom stereocenters. The quantitative estimate of drug-likeness (QED) is 0.709. The summed E-state index contributed by atoms with van der Waals surface area (Å²) in [6.07, 6.45) is 3.10. The summed E-state index contributed by atoms with van der Waals surface area (Å²) in [5.41, 5.74) is -0.457. The first-order chi connectivity index (χ1) is 11.4. The Morgan fingerprint density at radius 2 is 1.79 bits per heavy atom. The van der Waals surface area contributed by atoms with Crippen molar-refractivity contribution in [3.8, 4) is 0 Å². The maximum absolute atomic E-state index is 12.7. The van der Waals surface area contributed by atoms with Crippen molar-refractivity contribution in [2.45, 2.75) is 59.7 Å². The molecule has 0 aromatic carbocycles. The third kappa shape index (κ3) is 3.52. The number of carbonyl (C=O) groups is 2. The molecule has 2 aromatic heterocycles. The van der Waals surface area contributed by atoms with Crippen LogP contribution in [0.1, 0.15) is 40.0 Å². The molecule has 8 heteroatoms. The molecule has 0 amide bonds. The molecule has 0 aliphatic rings. The summed E-state index contributed by atoms with van der Waals surface area (Å²) >= 11 is 0. The molecule has 0 bridgehead atoms. The number of fused-ring (bicyclic) bond motifs is 1. The van der Waals surface area contributed by atoms with E-state index in [-0.39, 0.29) is 42.2 Å². The van der Waals surface area contributed by atoms with Crippen molar-refractivity contribution in [2.75, 3.05) is 0 Å². The highest BCUT2D eigenvalue weighted by atomic mass is 16.2. The topological polar surface area (TPSA) is 96.0 Å². The summed E-state index contributed by atoms with van der Waals surface area (Å²) < 4.78 is 3.99. The number of unbranched alkanes of at least 4 members (excludes halogenated alkanes) is 1. The number of Topliss-reactive ketones (excluding diaryl/α,β-unsaturated/α-hetero) is 2. The zero-order chi connectivity index (χ0) is 17.9. The minimum atomic E-state index is -0.463. The highest BCUT2D eigenvalue weighted by Crippen LogP contribution is 2.08. The maximum Gasteiger partial charge on any atom is 0.332 e. The highest BCUT2D eigenvalue weighted by Gasteiger charge is 2.18. The van der Waals surface area contributed by atoms with Gasteiger partial charge in [0.15, 0.2) is 11.2 Å². The highest BCUT2D eigenvalue weighted by molar-refractivity contribution is 5.79. The molecular weight excluding hydrogens is 312 g/mol. The summed E-state index contributed by atoms with van der Waals surface area (Å²) in [6, 6.07) is 0. The van der Waals surface area contributed by atoms with Crippen molar-refractivity contribution < 1.29 is 9.59 Å². The Kier molecular flexibility index (Phi) is 5.48. The Balaban J connectivity index is 2.71. The molecule has 0 spiro atoms. The number of aryl methyl sites for hydroxylation is 1. The van der Waals surface area contributed by atoms with Crippen molar-refractivity contribution in [2.24, 2.45) is 0 Å². The van der Waals surface area contributed by atoms with Crippen LogP contribution in [0.2, 0.25) is 0 Å². The summed E-state index contributed by atoms with van der Waals surface area (Å²) in [7, 11) is 0. The average Bonchev–Trinajstić information content (AvgIpc) is 2.89. The fraction of sp³-hybridized carbons (Fsp3) is 0.562. The van der Waals surface area contributed by atoms with Crippen LogP contribution < -0.4 is 11.2 Å². The van der Waals surface area contributed by atoms with E-state index >= 15 is 0 Å². The molecule has 0 aliphatic heterocycles. The number of nitrogens with zero attached hydrogens (tertiary/aromatic N) is 4. The molecule has 130 valence electrons. The van der Waals surface area contributed by atoms with Gasteiger partial charge >= 0.3 is 5.69 Å². The molecule has 24 heavy (non-hydrogen) atoms. The van der Waals surface area contributed by atoms with E-state index in [1.807, 2.05) is 6.92 Å². The number of aromatic nitrogens is 4. The van der Waals surface area contributed by atoms with Gasteiger partial charge < -0.3 is 4.57 Å². The second-order valence-corrected chi connectivity index (χ2v) is 5.94. The SMILES string of the molecule is CCCCn1c(=O)c2c(ncn2CC(C)=O)n(CCC(C)=O)c1=O. The van der Waals surface area contributed by atoms with Gasteiger partial charge in [-0.05, 0) is 20.3 Å². The van der Waals surface area contributed by atoms with Crippen LogP contribution in [0.3, 0.4) is 0 Å². The van der Waals surface area contributed by atoms with E-state index in [2.05, 4.69) is 4.98 Å². The Morgan fingerprint density at radius 1 is 1.08 bits per heavy atom. The van der Waals surface area contributed by atoms with E-state index in [4.69, 9.17) is 0 Å². The van der Waals surface area contributed by atoms with Crippen LogP contribution in [0.4, 0.5) is 0 Å². The molecule has 0 radical (unpaired) electrons. The summed E-state index contributed by atoms with van der Waals surface area (Å²) in [4.78, 5) is 52.2. The van der Waals surface area contributed by atoms with E-state index in [9.17, 15) is 19.2 Å². The fourth-order valence-electron chi connectivity index (χ4n) is 2.58. The largest absolute Gasteiger partial charge is 0.332 e. The molecule has 0 saturated carbocycles. The average molecular weight is 334 g/mol. The Morgan fingerprint density at radius 3 is 2.38 bits per heavy atom. The standard InChI is InChI=1S/C16H22N4O4/c1-4-5-7-20-15(23)13-14(17-10-18(13)9-12(3)22)19(16(20)24)8-6-11(2)21/h10H,4-9H2,1-3H3.